The third kappa shape index (κ3) is 3.42. The van der Waals surface area contributed by atoms with Crippen LogP contribution in [0.25, 0.3) is 0 Å². The number of amides is 3. The van der Waals surface area contributed by atoms with Gasteiger partial charge in [-0.15, -0.1) is 0 Å². The first-order chi connectivity index (χ1) is 11.5. The maximum absolute atomic E-state index is 12.5. The fourth-order valence-electron chi connectivity index (χ4n) is 4.23. The summed E-state index contributed by atoms with van der Waals surface area (Å²) in [6.45, 7) is 4.44. The van der Waals surface area contributed by atoms with Gasteiger partial charge in [-0.2, -0.15) is 0 Å². The van der Waals surface area contributed by atoms with Gasteiger partial charge < -0.3 is 15.5 Å². The van der Waals surface area contributed by atoms with Gasteiger partial charge >= 0.3 is 0 Å². The van der Waals surface area contributed by atoms with Gasteiger partial charge in [0.05, 0.1) is 0 Å². The van der Waals surface area contributed by atoms with Crippen LogP contribution < -0.4 is 10.6 Å². The van der Waals surface area contributed by atoms with E-state index in [9.17, 15) is 14.4 Å². The summed E-state index contributed by atoms with van der Waals surface area (Å²) in [4.78, 5) is 39.1. The molecule has 0 bridgehead atoms. The number of carbonyl (C=O) groups is 3. The fraction of sp³-hybridized carbons (Fsp3) is 0.833. The molecule has 0 aromatic heterocycles. The summed E-state index contributed by atoms with van der Waals surface area (Å²) in [6.07, 6.45) is 6.70. The number of piperidine rings is 1. The van der Waals surface area contributed by atoms with E-state index in [2.05, 4.69) is 10.6 Å². The van der Waals surface area contributed by atoms with Gasteiger partial charge in [-0.1, -0.05) is 33.1 Å². The molecule has 2 N–H and O–H groups in total. The number of hydrogen-bond acceptors (Lipinski definition) is 3. The molecule has 2 heterocycles. The van der Waals surface area contributed by atoms with Crippen molar-refractivity contribution in [1.29, 1.82) is 0 Å². The van der Waals surface area contributed by atoms with Crippen LogP contribution in [-0.4, -0.2) is 47.3 Å². The molecule has 0 spiro atoms. The molecule has 24 heavy (non-hydrogen) atoms. The number of nitrogens with one attached hydrogen (secondary N) is 2. The minimum Gasteiger partial charge on any atom is -0.353 e. The molecule has 1 aliphatic carbocycles. The van der Waals surface area contributed by atoms with Crippen molar-refractivity contribution in [1.82, 2.24) is 15.5 Å². The highest BCUT2D eigenvalue weighted by atomic mass is 16.2. The Labute approximate surface area is 143 Å². The first kappa shape index (κ1) is 17.2. The molecule has 0 unspecified atom stereocenters. The molecule has 6 heteroatoms. The highest BCUT2D eigenvalue weighted by Gasteiger charge is 2.45. The monoisotopic (exact) mass is 335 g/mol. The van der Waals surface area contributed by atoms with E-state index < -0.39 is 12.1 Å². The zero-order valence-electron chi connectivity index (χ0n) is 14.7. The minimum atomic E-state index is -0.432. The Hall–Kier alpha value is -1.59. The molecule has 3 aliphatic rings. The number of piperazine rings is 1. The second-order valence-corrected chi connectivity index (χ2v) is 7.84. The van der Waals surface area contributed by atoms with Crippen LogP contribution in [-0.2, 0) is 14.4 Å². The van der Waals surface area contributed by atoms with Gasteiger partial charge in [0.15, 0.2) is 0 Å². The lowest BCUT2D eigenvalue weighted by Crippen LogP contribution is -2.68. The van der Waals surface area contributed by atoms with Gasteiger partial charge in [-0.05, 0) is 31.6 Å². The van der Waals surface area contributed by atoms with E-state index in [1.165, 1.54) is 6.42 Å². The topological polar surface area (TPSA) is 78.5 Å². The van der Waals surface area contributed by atoms with E-state index in [0.29, 0.717) is 13.0 Å². The van der Waals surface area contributed by atoms with E-state index in [1.54, 1.807) is 4.90 Å². The smallest absolute Gasteiger partial charge is 0.246 e. The van der Waals surface area contributed by atoms with E-state index in [-0.39, 0.29) is 35.6 Å². The predicted octanol–water partition coefficient (Wildman–Crippen LogP) is 1.20. The summed E-state index contributed by atoms with van der Waals surface area (Å²) in [5.41, 5.74) is 0. The highest BCUT2D eigenvalue weighted by molar-refractivity contribution is 5.97. The van der Waals surface area contributed by atoms with Gasteiger partial charge in [0.1, 0.15) is 12.1 Å². The Bertz CT molecular complexity index is 514. The van der Waals surface area contributed by atoms with Crippen molar-refractivity contribution in [2.75, 3.05) is 6.54 Å². The van der Waals surface area contributed by atoms with E-state index in [4.69, 9.17) is 0 Å². The van der Waals surface area contributed by atoms with Crippen LogP contribution in [0, 0.1) is 11.8 Å². The van der Waals surface area contributed by atoms with Gasteiger partial charge in [-0.25, -0.2) is 0 Å². The summed E-state index contributed by atoms with van der Waals surface area (Å²) in [6, 6.07) is -0.852. The van der Waals surface area contributed by atoms with Crippen molar-refractivity contribution >= 4 is 17.7 Å². The first-order valence-electron chi connectivity index (χ1n) is 9.38. The van der Waals surface area contributed by atoms with Crippen molar-refractivity contribution in [3.05, 3.63) is 0 Å². The molecule has 6 nitrogen and oxygen atoms in total. The minimum absolute atomic E-state index is 0.00479. The summed E-state index contributed by atoms with van der Waals surface area (Å²) >= 11 is 0. The van der Waals surface area contributed by atoms with Crippen LogP contribution in [0.4, 0.5) is 0 Å². The molecule has 3 rings (SSSR count). The zero-order chi connectivity index (χ0) is 17.3. The summed E-state index contributed by atoms with van der Waals surface area (Å²) < 4.78 is 0. The van der Waals surface area contributed by atoms with Crippen LogP contribution in [0.1, 0.15) is 58.8 Å². The van der Waals surface area contributed by atoms with Crippen LogP contribution in [0.5, 0.6) is 0 Å². The van der Waals surface area contributed by atoms with E-state index in [1.807, 2.05) is 13.8 Å². The molecule has 0 radical (unpaired) electrons. The van der Waals surface area contributed by atoms with Crippen LogP contribution in [0.15, 0.2) is 0 Å². The van der Waals surface area contributed by atoms with Crippen LogP contribution in [0.3, 0.4) is 0 Å². The normalized spacial score (nSPS) is 31.6. The summed E-state index contributed by atoms with van der Waals surface area (Å²) in [7, 11) is 0. The Morgan fingerprint density at radius 3 is 2.54 bits per heavy atom. The molecule has 3 fully saturated rings. The molecule has 0 aromatic carbocycles. The molecule has 1 saturated carbocycles. The number of fused-ring (bicyclic) bond motifs is 1. The van der Waals surface area contributed by atoms with Gasteiger partial charge in [-0.3, -0.25) is 14.4 Å². The average molecular weight is 335 g/mol. The van der Waals surface area contributed by atoms with Gasteiger partial charge in [0, 0.05) is 18.5 Å². The number of rotatable bonds is 3. The molecular weight excluding hydrogens is 306 g/mol. The number of nitrogens with zero attached hydrogens (tertiary/aromatic N) is 1. The van der Waals surface area contributed by atoms with Gasteiger partial charge in [0.25, 0.3) is 0 Å². The largest absolute Gasteiger partial charge is 0.353 e. The van der Waals surface area contributed by atoms with Crippen molar-refractivity contribution in [3.8, 4) is 0 Å². The number of hydrogen-bond donors (Lipinski definition) is 2. The predicted molar refractivity (Wildman–Crippen MR) is 90.0 cm³/mol. The lowest BCUT2D eigenvalue weighted by molar-refractivity contribution is -0.153. The Balaban J connectivity index is 1.59. The summed E-state index contributed by atoms with van der Waals surface area (Å²) in [5.74, 6) is 0.294. The molecule has 2 aliphatic heterocycles. The first-order valence-corrected chi connectivity index (χ1v) is 9.38. The molecule has 3 atom stereocenters. The third-order valence-corrected chi connectivity index (χ3v) is 5.74. The quantitative estimate of drug-likeness (QED) is 0.813. The van der Waals surface area contributed by atoms with Crippen LogP contribution >= 0.6 is 0 Å². The Kier molecular flexibility index (Phi) is 5.11. The molecule has 0 aromatic rings. The number of carbonyl (C=O) groups excluding carboxylic acids is 3. The maximum atomic E-state index is 12.5. The maximum Gasteiger partial charge on any atom is 0.246 e. The third-order valence-electron chi connectivity index (χ3n) is 5.74. The molecule has 2 saturated heterocycles. The average Bonchev–Trinajstić information content (AvgIpc) is 2.58. The summed E-state index contributed by atoms with van der Waals surface area (Å²) in [5, 5.41) is 5.99. The standard InChI is InChI=1S/C18H29N3O3/c1-11(2)15-18(24)21-9-8-13(10-14(21)17(23)20-15)19-16(22)12-6-4-3-5-7-12/h11-15H,3-10H2,1-2H3,(H,19,22)(H,20,23)/t13-,14-,15+/m0/s1. The molecule has 134 valence electrons. The fourth-order valence-corrected chi connectivity index (χ4v) is 4.23. The van der Waals surface area contributed by atoms with Crippen molar-refractivity contribution in [2.45, 2.75) is 76.9 Å². The zero-order valence-corrected chi connectivity index (χ0v) is 14.7. The SMILES string of the molecule is CC(C)[C@H]1NC(=O)[C@@H]2C[C@@H](NC(=O)C3CCCCC3)CCN2C1=O. The van der Waals surface area contributed by atoms with E-state index >= 15 is 0 Å². The van der Waals surface area contributed by atoms with Crippen molar-refractivity contribution in [2.24, 2.45) is 11.8 Å². The lowest BCUT2D eigenvalue weighted by atomic mass is 9.87. The molecule has 3 amide bonds. The Morgan fingerprint density at radius 1 is 1.17 bits per heavy atom. The van der Waals surface area contributed by atoms with E-state index in [0.717, 1.165) is 32.1 Å². The molecular formula is C18H29N3O3. The lowest BCUT2D eigenvalue weighted by Gasteiger charge is -2.45. The van der Waals surface area contributed by atoms with Crippen molar-refractivity contribution in [3.63, 3.8) is 0 Å². The Morgan fingerprint density at radius 2 is 1.88 bits per heavy atom. The second kappa shape index (κ2) is 7.11. The van der Waals surface area contributed by atoms with Crippen LogP contribution in [0.2, 0.25) is 0 Å². The van der Waals surface area contributed by atoms with Gasteiger partial charge in [0.2, 0.25) is 17.7 Å². The second-order valence-electron chi connectivity index (χ2n) is 7.84. The highest BCUT2D eigenvalue weighted by Crippen LogP contribution is 2.27. The van der Waals surface area contributed by atoms with Crippen molar-refractivity contribution < 1.29 is 14.4 Å².